The van der Waals surface area contributed by atoms with Crippen LogP contribution in [-0.4, -0.2) is 39.9 Å². The molecule has 0 atom stereocenters. The smallest absolute Gasteiger partial charge is 0.258 e. The van der Waals surface area contributed by atoms with Crippen molar-refractivity contribution in [1.82, 2.24) is 15.0 Å². The Morgan fingerprint density at radius 1 is 1.00 bits per heavy atom. The lowest BCUT2D eigenvalue weighted by molar-refractivity contribution is -0.114. The highest BCUT2D eigenvalue weighted by Gasteiger charge is 2.19. The number of anilines is 1. The normalized spacial score (nSPS) is 13.9. The summed E-state index contributed by atoms with van der Waals surface area (Å²) in [6.07, 6.45) is 3.29. The molecular weight excluding hydrogens is 368 g/mol. The number of piperidine rings is 1. The van der Waals surface area contributed by atoms with Crippen molar-refractivity contribution in [2.45, 2.75) is 26.2 Å². The topological polar surface area (TPSA) is 88.3 Å². The SMILES string of the molecule is CC(=O)Nc1ccc(-c2nc(-c3cccc(C(=O)N4CCCCC4)c3)no2)cc1. The van der Waals surface area contributed by atoms with Crippen LogP contribution in [0.15, 0.2) is 53.1 Å². The number of amides is 2. The van der Waals surface area contributed by atoms with Crippen LogP contribution >= 0.6 is 0 Å². The molecule has 2 amide bonds. The zero-order valence-electron chi connectivity index (χ0n) is 16.2. The molecule has 2 aromatic carbocycles. The molecule has 7 nitrogen and oxygen atoms in total. The van der Waals surface area contributed by atoms with Gasteiger partial charge in [-0.25, -0.2) is 0 Å². The number of rotatable bonds is 4. The van der Waals surface area contributed by atoms with Crippen molar-refractivity contribution in [3.8, 4) is 22.8 Å². The van der Waals surface area contributed by atoms with Crippen LogP contribution in [0.5, 0.6) is 0 Å². The van der Waals surface area contributed by atoms with Gasteiger partial charge < -0.3 is 14.7 Å². The van der Waals surface area contributed by atoms with Gasteiger partial charge in [0.2, 0.25) is 11.7 Å². The number of benzene rings is 2. The Kier molecular flexibility index (Phi) is 5.37. The number of nitrogens with one attached hydrogen (secondary N) is 1. The molecule has 0 aliphatic carbocycles. The van der Waals surface area contributed by atoms with Gasteiger partial charge in [0.05, 0.1) is 0 Å². The van der Waals surface area contributed by atoms with E-state index in [1.807, 2.05) is 29.2 Å². The van der Waals surface area contributed by atoms with Gasteiger partial charge in [-0.2, -0.15) is 4.98 Å². The maximum atomic E-state index is 12.8. The predicted octanol–water partition coefficient (Wildman–Crippen LogP) is 3.99. The Bertz CT molecular complexity index is 1020. The molecule has 1 fully saturated rings. The third-order valence-corrected chi connectivity index (χ3v) is 4.89. The first-order valence-corrected chi connectivity index (χ1v) is 9.71. The summed E-state index contributed by atoms with van der Waals surface area (Å²) in [4.78, 5) is 30.2. The lowest BCUT2D eigenvalue weighted by atomic mass is 10.1. The zero-order chi connectivity index (χ0) is 20.2. The average Bonchev–Trinajstić information content (AvgIpc) is 3.24. The van der Waals surface area contributed by atoms with Crippen molar-refractivity contribution < 1.29 is 14.1 Å². The van der Waals surface area contributed by atoms with E-state index in [1.165, 1.54) is 13.3 Å². The van der Waals surface area contributed by atoms with Crippen LogP contribution in [0.1, 0.15) is 36.5 Å². The van der Waals surface area contributed by atoms with E-state index < -0.39 is 0 Å². The Morgan fingerprint density at radius 2 is 1.76 bits per heavy atom. The van der Waals surface area contributed by atoms with Gasteiger partial charge in [-0.05, 0) is 55.7 Å². The van der Waals surface area contributed by atoms with Crippen LogP contribution in [0.3, 0.4) is 0 Å². The molecule has 1 N–H and O–H groups in total. The number of carbonyl (C=O) groups is 2. The van der Waals surface area contributed by atoms with Crippen LogP contribution in [-0.2, 0) is 4.79 Å². The van der Waals surface area contributed by atoms with E-state index in [9.17, 15) is 9.59 Å². The third kappa shape index (κ3) is 4.34. The Labute approximate surface area is 168 Å². The van der Waals surface area contributed by atoms with Gasteiger partial charge >= 0.3 is 0 Å². The highest BCUT2D eigenvalue weighted by Crippen LogP contribution is 2.25. The minimum Gasteiger partial charge on any atom is -0.339 e. The molecule has 1 saturated heterocycles. The summed E-state index contributed by atoms with van der Waals surface area (Å²) in [6.45, 7) is 3.08. The standard InChI is InChI=1S/C22H22N4O3/c1-15(27)23-19-10-8-16(9-11-19)21-24-20(25-29-21)17-6-5-7-18(14-17)22(28)26-12-3-2-4-13-26/h5-11,14H,2-4,12-13H2,1H3,(H,23,27). The highest BCUT2D eigenvalue weighted by molar-refractivity contribution is 5.95. The molecule has 0 bridgehead atoms. The van der Waals surface area contributed by atoms with Crippen LogP contribution in [0.25, 0.3) is 22.8 Å². The molecule has 1 aliphatic heterocycles. The Hall–Kier alpha value is -3.48. The molecule has 0 spiro atoms. The number of likely N-dealkylation sites (tertiary alicyclic amines) is 1. The largest absolute Gasteiger partial charge is 0.339 e. The molecule has 0 saturated carbocycles. The van der Waals surface area contributed by atoms with Crippen molar-refractivity contribution in [1.29, 1.82) is 0 Å². The summed E-state index contributed by atoms with van der Waals surface area (Å²) < 4.78 is 5.40. The summed E-state index contributed by atoms with van der Waals surface area (Å²) in [5, 5.41) is 6.78. The number of nitrogens with zero attached hydrogens (tertiary/aromatic N) is 3. The summed E-state index contributed by atoms with van der Waals surface area (Å²) in [5.41, 5.74) is 2.82. The summed E-state index contributed by atoms with van der Waals surface area (Å²) >= 11 is 0. The van der Waals surface area contributed by atoms with E-state index in [4.69, 9.17) is 4.52 Å². The number of hydrogen-bond acceptors (Lipinski definition) is 5. The average molecular weight is 390 g/mol. The van der Waals surface area contributed by atoms with E-state index in [1.54, 1.807) is 24.3 Å². The third-order valence-electron chi connectivity index (χ3n) is 4.89. The van der Waals surface area contributed by atoms with Crippen molar-refractivity contribution in [3.63, 3.8) is 0 Å². The minimum atomic E-state index is -0.128. The fraction of sp³-hybridized carbons (Fsp3) is 0.273. The predicted molar refractivity (Wildman–Crippen MR) is 109 cm³/mol. The van der Waals surface area contributed by atoms with Gasteiger partial charge in [-0.15, -0.1) is 0 Å². The van der Waals surface area contributed by atoms with Crippen molar-refractivity contribution in [3.05, 3.63) is 54.1 Å². The van der Waals surface area contributed by atoms with E-state index in [-0.39, 0.29) is 11.8 Å². The van der Waals surface area contributed by atoms with E-state index in [0.29, 0.717) is 23.0 Å². The molecule has 2 heterocycles. The van der Waals surface area contributed by atoms with Gasteiger partial charge in [0.1, 0.15) is 0 Å². The maximum absolute atomic E-state index is 12.8. The number of hydrogen-bond donors (Lipinski definition) is 1. The first-order chi connectivity index (χ1) is 14.1. The van der Waals surface area contributed by atoms with Gasteiger partial charge in [0.15, 0.2) is 0 Å². The first-order valence-electron chi connectivity index (χ1n) is 9.71. The second kappa shape index (κ2) is 8.26. The summed E-state index contributed by atoms with van der Waals surface area (Å²) in [5.74, 6) is 0.724. The summed E-state index contributed by atoms with van der Waals surface area (Å²) in [6, 6.07) is 14.5. The van der Waals surface area contributed by atoms with Gasteiger partial charge in [0, 0.05) is 42.4 Å². The first kappa shape index (κ1) is 18.9. The lowest BCUT2D eigenvalue weighted by Gasteiger charge is -2.26. The van der Waals surface area contributed by atoms with E-state index >= 15 is 0 Å². The Morgan fingerprint density at radius 3 is 2.48 bits per heavy atom. The van der Waals surface area contributed by atoms with Gasteiger partial charge in [0.25, 0.3) is 11.8 Å². The quantitative estimate of drug-likeness (QED) is 0.728. The second-order valence-electron chi connectivity index (χ2n) is 7.12. The van der Waals surface area contributed by atoms with Crippen LogP contribution < -0.4 is 5.32 Å². The highest BCUT2D eigenvalue weighted by atomic mass is 16.5. The van der Waals surface area contributed by atoms with Gasteiger partial charge in [-0.3, -0.25) is 9.59 Å². The van der Waals surface area contributed by atoms with Crippen molar-refractivity contribution >= 4 is 17.5 Å². The minimum absolute atomic E-state index is 0.0452. The van der Waals surface area contributed by atoms with Crippen molar-refractivity contribution in [2.75, 3.05) is 18.4 Å². The molecule has 0 radical (unpaired) electrons. The molecule has 3 aromatic rings. The fourth-order valence-electron chi connectivity index (χ4n) is 3.43. The molecule has 1 aliphatic rings. The van der Waals surface area contributed by atoms with Crippen LogP contribution in [0, 0.1) is 0 Å². The summed E-state index contributed by atoms with van der Waals surface area (Å²) in [7, 11) is 0. The molecule has 29 heavy (non-hydrogen) atoms. The Balaban J connectivity index is 1.53. The molecule has 4 rings (SSSR count). The van der Waals surface area contributed by atoms with E-state index in [0.717, 1.165) is 37.1 Å². The van der Waals surface area contributed by atoms with Crippen LogP contribution in [0.2, 0.25) is 0 Å². The second-order valence-corrected chi connectivity index (χ2v) is 7.12. The maximum Gasteiger partial charge on any atom is 0.258 e. The molecule has 7 heteroatoms. The number of carbonyl (C=O) groups excluding carboxylic acids is 2. The zero-order valence-corrected chi connectivity index (χ0v) is 16.2. The molecule has 1 aromatic heterocycles. The monoisotopic (exact) mass is 390 g/mol. The number of aromatic nitrogens is 2. The van der Waals surface area contributed by atoms with E-state index in [2.05, 4.69) is 15.5 Å². The van der Waals surface area contributed by atoms with Crippen molar-refractivity contribution in [2.24, 2.45) is 0 Å². The van der Waals surface area contributed by atoms with Crippen LogP contribution in [0.4, 0.5) is 5.69 Å². The van der Waals surface area contributed by atoms with Gasteiger partial charge in [-0.1, -0.05) is 17.3 Å². The fourth-order valence-corrected chi connectivity index (χ4v) is 3.43. The lowest BCUT2D eigenvalue weighted by Crippen LogP contribution is -2.35. The molecular formula is C22H22N4O3. The molecule has 148 valence electrons. The molecule has 0 unspecified atom stereocenters.